The van der Waals surface area contributed by atoms with Gasteiger partial charge in [0.05, 0.1) is 0 Å². The van der Waals surface area contributed by atoms with Crippen LogP contribution in [-0.2, 0) is 4.79 Å². The number of carbonyl (C=O) groups excluding carboxylic acids is 1. The number of hydrogen-bond donors (Lipinski definition) is 2. The van der Waals surface area contributed by atoms with Gasteiger partial charge in [-0.15, -0.1) is 0 Å². The van der Waals surface area contributed by atoms with Gasteiger partial charge in [-0.3, -0.25) is 4.79 Å². The van der Waals surface area contributed by atoms with Crippen LogP contribution < -0.4 is 10.6 Å². The Balaban J connectivity index is 2.32. The molecule has 3 heteroatoms. The molecule has 0 aromatic carbocycles. The number of hydrogen-bond acceptors (Lipinski definition) is 2. The first-order valence-electron chi connectivity index (χ1n) is 6.50. The van der Waals surface area contributed by atoms with Crippen LogP contribution in [0.25, 0.3) is 0 Å². The molecule has 0 saturated carbocycles. The Kier molecular flexibility index (Phi) is 5.26. The minimum absolute atomic E-state index is 0.210. The van der Waals surface area contributed by atoms with E-state index in [1.807, 2.05) is 0 Å². The van der Waals surface area contributed by atoms with Gasteiger partial charge in [0.2, 0.25) is 5.91 Å². The highest BCUT2D eigenvalue weighted by Crippen LogP contribution is 2.15. The Morgan fingerprint density at radius 1 is 1.44 bits per heavy atom. The van der Waals surface area contributed by atoms with Crippen molar-refractivity contribution < 1.29 is 4.79 Å². The number of nitrogens with one attached hydrogen (secondary N) is 2. The molecule has 1 rings (SSSR count). The molecule has 3 atom stereocenters. The largest absolute Gasteiger partial charge is 0.352 e. The molecule has 2 N–H and O–H groups in total. The molecule has 1 amide bonds. The van der Waals surface area contributed by atoms with Gasteiger partial charge in [0.15, 0.2) is 0 Å². The first kappa shape index (κ1) is 13.5. The summed E-state index contributed by atoms with van der Waals surface area (Å²) in [5, 5.41) is 6.48. The SMILES string of the molecule is CC(C)C(C)CC(=O)NC1CNCCC1C. The molecular formula is C13H26N2O. The molecule has 0 aliphatic carbocycles. The molecular weight excluding hydrogens is 200 g/mol. The Labute approximate surface area is 99.4 Å². The van der Waals surface area contributed by atoms with Crippen LogP contribution in [0.2, 0.25) is 0 Å². The molecule has 3 nitrogen and oxygen atoms in total. The summed E-state index contributed by atoms with van der Waals surface area (Å²) in [6.07, 6.45) is 1.81. The van der Waals surface area contributed by atoms with Crippen molar-refractivity contribution in [3.63, 3.8) is 0 Å². The topological polar surface area (TPSA) is 41.1 Å². The van der Waals surface area contributed by atoms with Crippen molar-refractivity contribution in [2.45, 2.75) is 46.6 Å². The van der Waals surface area contributed by atoms with Gasteiger partial charge in [-0.05, 0) is 30.7 Å². The molecule has 3 unspecified atom stereocenters. The van der Waals surface area contributed by atoms with Crippen LogP contribution in [0.15, 0.2) is 0 Å². The van der Waals surface area contributed by atoms with Crippen molar-refractivity contribution in [1.82, 2.24) is 10.6 Å². The third-order valence-electron chi connectivity index (χ3n) is 3.82. The third kappa shape index (κ3) is 4.12. The molecule has 0 bridgehead atoms. The summed E-state index contributed by atoms with van der Waals surface area (Å²) < 4.78 is 0. The fourth-order valence-corrected chi connectivity index (χ4v) is 1.98. The molecule has 0 aromatic heterocycles. The fraction of sp³-hybridized carbons (Fsp3) is 0.923. The highest BCUT2D eigenvalue weighted by molar-refractivity contribution is 5.76. The summed E-state index contributed by atoms with van der Waals surface area (Å²) in [4.78, 5) is 11.8. The van der Waals surface area contributed by atoms with Gasteiger partial charge in [-0.2, -0.15) is 0 Å². The predicted octanol–water partition coefficient (Wildman–Crippen LogP) is 1.78. The van der Waals surface area contributed by atoms with Gasteiger partial charge in [-0.25, -0.2) is 0 Å². The highest BCUT2D eigenvalue weighted by Gasteiger charge is 2.23. The van der Waals surface area contributed by atoms with E-state index in [4.69, 9.17) is 0 Å². The van der Waals surface area contributed by atoms with Crippen molar-refractivity contribution in [2.24, 2.45) is 17.8 Å². The predicted molar refractivity (Wildman–Crippen MR) is 67.2 cm³/mol. The minimum atomic E-state index is 0.210. The van der Waals surface area contributed by atoms with E-state index in [1.165, 1.54) is 0 Å². The maximum absolute atomic E-state index is 11.8. The van der Waals surface area contributed by atoms with Crippen molar-refractivity contribution in [1.29, 1.82) is 0 Å². The summed E-state index contributed by atoms with van der Waals surface area (Å²) in [6, 6.07) is 0.320. The molecule has 94 valence electrons. The minimum Gasteiger partial charge on any atom is -0.352 e. The van der Waals surface area contributed by atoms with Crippen LogP contribution in [-0.4, -0.2) is 25.0 Å². The second-order valence-corrected chi connectivity index (χ2v) is 5.57. The lowest BCUT2D eigenvalue weighted by Crippen LogP contribution is -2.50. The number of rotatable bonds is 4. The molecule has 0 spiro atoms. The summed E-state index contributed by atoms with van der Waals surface area (Å²) in [6.45, 7) is 10.7. The number of piperidine rings is 1. The van der Waals surface area contributed by atoms with Crippen molar-refractivity contribution in [3.8, 4) is 0 Å². The summed E-state index contributed by atoms with van der Waals surface area (Å²) in [5.41, 5.74) is 0. The smallest absolute Gasteiger partial charge is 0.220 e. The molecule has 1 aliphatic heterocycles. The number of amides is 1. The van der Waals surface area contributed by atoms with Crippen LogP contribution in [0.5, 0.6) is 0 Å². The Morgan fingerprint density at radius 2 is 2.12 bits per heavy atom. The van der Waals surface area contributed by atoms with Crippen LogP contribution >= 0.6 is 0 Å². The van der Waals surface area contributed by atoms with E-state index in [0.29, 0.717) is 30.2 Å². The molecule has 16 heavy (non-hydrogen) atoms. The summed E-state index contributed by atoms with van der Waals surface area (Å²) in [7, 11) is 0. The zero-order valence-corrected chi connectivity index (χ0v) is 11.0. The lowest BCUT2D eigenvalue weighted by Gasteiger charge is -2.30. The van der Waals surface area contributed by atoms with E-state index >= 15 is 0 Å². The maximum atomic E-state index is 11.8. The van der Waals surface area contributed by atoms with Gasteiger partial charge < -0.3 is 10.6 Å². The molecule has 0 radical (unpaired) electrons. The first-order valence-corrected chi connectivity index (χ1v) is 6.50. The Bertz CT molecular complexity index is 228. The second-order valence-electron chi connectivity index (χ2n) is 5.57. The van der Waals surface area contributed by atoms with Crippen molar-refractivity contribution in [2.75, 3.05) is 13.1 Å². The van der Waals surface area contributed by atoms with E-state index in [9.17, 15) is 4.79 Å². The molecule has 1 aliphatic rings. The fourth-order valence-electron chi connectivity index (χ4n) is 1.98. The van der Waals surface area contributed by atoms with Crippen LogP contribution in [0.3, 0.4) is 0 Å². The lowest BCUT2D eigenvalue weighted by atomic mass is 9.92. The molecule has 1 saturated heterocycles. The van der Waals surface area contributed by atoms with E-state index in [1.54, 1.807) is 0 Å². The van der Waals surface area contributed by atoms with E-state index < -0.39 is 0 Å². The van der Waals surface area contributed by atoms with Crippen LogP contribution in [0.4, 0.5) is 0 Å². The van der Waals surface area contributed by atoms with E-state index in [-0.39, 0.29) is 5.91 Å². The first-order chi connectivity index (χ1) is 7.50. The summed E-state index contributed by atoms with van der Waals surface area (Å²) in [5.74, 6) is 1.85. The van der Waals surface area contributed by atoms with Gasteiger partial charge in [-0.1, -0.05) is 27.7 Å². The molecule has 1 heterocycles. The van der Waals surface area contributed by atoms with Crippen LogP contribution in [0.1, 0.15) is 40.5 Å². The monoisotopic (exact) mass is 226 g/mol. The number of carbonyl (C=O) groups is 1. The molecule has 0 aromatic rings. The van der Waals surface area contributed by atoms with Crippen LogP contribution in [0, 0.1) is 17.8 Å². The zero-order chi connectivity index (χ0) is 12.1. The Morgan fingerprint density at radius 3 is 2.69 bits per heavy atom. The van der Waals surface area contributed by atoms with Gasteiger partial charge in [0, 0.05) is 19.0 Å². The normalized spacial score (nSPS) is 27.8. The Hall–Kier alpha value is -0.570. The zero-order valence-electron chi connectivity index (χ0n) is 11.0. The average molecular weight is 226 g/mol. The van der Waals surface area contributed by atoms with E-state index in [0.717, 1.165) is 19.5 Å². The quantitative estimate of drug-likeness (QED) is 0.767. The van der Waals surface area contributed by atoms with Gasteiger partial charge in [0.25, 0.3) is 0 Å². The molecule has 1 fully saturated rings. The highest BCUT2D eigenvalue weighted by atomic mass is 16.1. The summed E-state index contributed by atoms with van der Waals surface area (Å²) >= 11 is 0. The lowest BCUT2D eigenvalue weighted by molar-refractivity contribution is -0.123. The standard InChI is InChI=1S/C13H26N2O/c1-9(2)11(4)7-13(16)15-12-8-14-6-5-10(12)3/h9-12,14H,5-8H2,1-4H3,(H,15,16). The average Bonchev–Trinajstić information content (AvgIpc) is 2.21. The maximum Gasteiger partial charge on any atom is 0.220 e. The van der Waals surface area contributed by atoms with Crippen molar-refractivity contribution >= 4 is 5.91 Å². The van der Waals surface area contributed by atoms with Crippen molar-refractivity contribution in [3.05, 3.63) is 0 Å². The van der Waals surface area contributed by atoms with Gasteiger partial charge >= 0.3 is 0 Å². The van der Waals surface area contributed by atoms with Gasteiger partial charge in [0.1, 0.15) is 0 Å². The third-order valence-corrected chi connectivity index (χ3v) is 3.82. The van der Waals surface area contributed by atoms with E-state index in [2.05, 4.69) is 38.3 Å². The second kappa shape index (κ2) is 6.24.